The first-order valence-electron chi connectivity index (χ1n) is 5.19. The molecule has 1 atom stereocenters. The van der Waals surface area contributed by atoms with Gasteiger partial charge in [0.25, 0.3) is 0 Å². The first-order chi connectivity index (χ1) is 7.18. The van der Waals surface area contributed by atoms with E-state index in [9.17, 15) is 0 Å². The van der Waals surface area contributed by atoms with Crippen LogP contribution in [0.5, 0.6) is 0 Å². The van der Waals surface area contributed by atoms with Crippen molar-refractivity contribution in [1.29, 1.82) is 0 Å². The summed E-state index contributed by atoms with van der Waals surface area (Å²) in [7, 11) is 0. The normalized spacial score (nSPS) is 25.3. The minimum absolute atomic E-state index is 0.285. The highest BCUT2D eigenvalue weighted by Gasteiger charge is 2.32. The fraction of sp³-hybridized carbons (Fsp3) is 0.417. The average molecular weight is 237 g/mol. The summed E-state index contributed by atoms with van der Waals surface area (Å²) in [4.78, 5) is 0. The van der Waals surface area contributed by atoms with Gasteiger partial charge in [0.15, 0.2) is 0 Å². The topological polar surface area (TPSA) is 12.0 Å². The second kappa shape index (κ2) is 4.54. The van der Waals surface area contributed by atoms with Gasteiger partial charge in [-0.25, -0.2) is 0 Å². The SMILES string of the molecule is CC1(CCc2ccccc2)CNC(=S)S1. The molecule has 0 spiro atoms. The molecule has 1 aliphatic rings. The van der Waals surface area contributed by atoms with Gasteiger partial charge in [-0.3, -0.25) is 0 Å². The lowest BCUT2D eigenvalue weighted by atomic mass is 10.0. The molecule has 80 valence electrons. The average Bonchev–Trinajstić information content (AvgIpc) is 2.58. The summed E-state index contributed by atoms with van der Waals surface area (Å²) < 4.78 is 1.23. The maximum Gasteiger partial charge on any atom is 0.134 e. The van der Waals surface area contributed by atoms with Crippen molar-refractivity contribution in [2.75, 3.05) is 6.54 Å². The Morgan fingerprint density at radius 3 is 2.73 bits per heavy atom. The van der Waals surface area contributed by atoms with Gasteiger partial charge in [0.1, 0.15) is 4.32 Å². The predicted molar refractivity (Wildman–Crippen MR) is 71.4 cm³/mol. The van der Waals surface area contributed by atoms with Crippen LogP contribution in [0.15, 0.2) is 30.3 Å². The molecule has 1 N–H and O–H groups in total. The molecule has 0 aromatic heterocycles. The molecule has 1 aromatic rings. The largest absolute Gasteiger partial charge is 0.370 e. The first kappa shape index (κ1) is 11.0. The minimum atomic E-state index is 0.285. The molecule has 0 saturated carbocycles. The number of thioether (sulfide) groups is 1. The van der Waals surface area contributed by atoms with Crippen LogP contribution in [-0.4, -0.2) is 15.6 Å². The van der Waals surface area contributed by atoms with E-state index in [1.165, 1.54) is 12.0 Å². The quantitative estimate of drug-likeness (QED) is 0.812. The van der Waals surface area contributed by atoms with Crippen LogP contribution in [0, 0.1) is 0 Å². The van der Waals surface area contributed by atoms with Crippen molar-refractivity contribution in [2.45, 2.75) is 24.5 Å². The highest BCUT2D eigenvalue weighted by atomic mass is 32.2. The Hall–Kier alpha value is -0.540. The predicted octanol–water partition coefficient (Wildman–Crippen LogP) is 3.00. The third-order valence-electron chi connectivity index (χ3n) is 2.73. The Morgan fingerprint density at radius 1 is 1.40 bits per heavy atom. The fourth-order valence-corrected chi connectivity index (χ4v) is 3.36. The second-order valence-electron chi connectivity index (χ2n) is 4.18. The Balaban J connectivity index is 1.91. The van der Waals surface area contributed by atoms with E-state index in [4.69, 9.17) is 12.2 Å². The van der Waals surface area contributed by atoms with Gasteiger partial charge in [0.05, 0.1) is 0 Å². The third-order valence-corrected chi connectivity index (χ3v) is 4.30. The Morgan fingerprint density at radius 2 is 2.13 bits per heavy atom. The van der Waals surface area contributed by atoms with Gasteiger partial charge < -0.3 is 5.32 Å². The lowest BCUT2D eigenvalue weighted by molar-refractivity contribution is 0.588. The van der Waals surface area contributed by atoms with Gasteiger partial charge in [-0.15, -0.1) is 0 Å². The van der Waals surface area contributed by atoms with Crippen LogP contribution in [-0.2, 0) is 6.42 Å². The molecule has 1 saturated heterocycles. The number of aryl methyl sites for hydroxylation is 1. The molecule has 2 rings (SSSR count). The molecule has 0 bridgehead atoms. The Labute approximate surface area is 101 Å². The van der Waals surface area contributed by atoms with Crippen molar-refractivity contribution in [1.82, 2.24) is 5.32 Å². The smallest absolute Gasteiger partial charge is 0.134 e. The van der Waals surface area contributed by atoms with Crippen molar-refractivity contribution >= 4 is 28.3 Å². The van der Waals surface area contributed by atoms with E-state index < -0.39 is 0 Å². The maximum absolute atomic E-state index is 5.15. The summed E-state index contributed by atoms with van der Waals surface area (Å²) in [5.74, 6) is 0. The van der Waals surface area contributed by atoms with E-state index in [0.717, 1.165) is 17.3 Å². The fourth-order valence-electron chi connectivity index (χ4n) is 1.75. The van der Waals surface area contributed by atoms with Gasteiger partial charge >= 0.3 is 0 Å². The van der Waals surface area contributed by atoms with Crippen LogP contribution >= 0.6 is 24.0 Å². The molecule has 15 heavy (non-hydrogen) atoms. The van der Waals surface area contributed by atoms with E-state index in [-0.39, 0.29) is 4.75 Å². The van der Waals surface area contributed by atoms with E-state index in [2.05, 4.69) is 42.6 Å². The number of hydrogen-bond donors (Lipinski definition) is 1. The van der Waals surface area contributed by atoms with Gasteiger partial charge in [0.2, 0.25) is 0 Å². The van der Waals surface area contributed by atoms with Crippen LogP contribution in [0.1, 0.15) is 18.9 Å². The zero-order valence-electron chi connectivity index (χ0n) is 8.82. The van der Waals surface area contributed by atoms with Crippen molar-refractivity contribution in [2.24, 2.45) is 0 Å². The van der Waals surface area contributed by atoms with E-state index >= 15 is 0 Å². The number of thiocarbonyl (C=S) groups is 1. The lowest BCUT2D eigenvalue weighted by Crippen LogP contribution is -2.26. The molecule has 1 aromatic carbocycles. The highest BCUT2D eigenvalue weighted by molar-refractivity contribution is 8.24. The van der Waals surface area contributed by atoms with Gasteiger partial charge in [0, 0.05) is 11.3 Å². The molecule has 1 fully saturated rings. The lowest BCUT2D eigenvalue weighted by Gasteiger charge is -2.20. The zero-order chi connectivity index (χ0) is 10.7. The molecule has 3 heteroatoms. The van der Waals surface area contributed by atoms with Crippen molar-refractivity contribution in [3.05, 3.63) is 35.9 Å². The van der Waals surface area contributed by atoms with Crippen LogP contribution in [0.3, 0.4) is 0 Å². The molecule has 0 radical (unpaired) electrons. The summed E-state index contributed by atoms with van der Waals surface area (Å²) in [5.41, 5.74) is 1.41. The number of nitrogens with one attached hydrogen (secondary N) is 1. The van der Waals surface area contributed by atoms with Gasteiger partial charge in [-0.05, 0) is 25.3 Å². The Bertz CT molecular complexity index is 350. The van der Waals surface area contributed by atoms with Crippen molar-refractivity contribution in [3.63, 3.8) is 0 Å². The summed E-state index contributed by atoms with van der Waals surface area (Å²) in [6, 6.07) is 10.6. The summed E-state index contributed by atoms with van der Waals surface area (Å²) in [5, 5.41) is 3.24. The highest BCUT2D eigenvalue weighted by Crippen LogP contribution is 2.34. The molecular formula is C12H15NS2. The van der Waals surface area contributed by atoms with Crippen LogP contribution < -0.4 is 5.32 Å². The van der Waals surface area contributed by atoms with Crippen molar-refractivity contribution in [3.8, 4) is 0 Å². The monoisotopic (exact) mass is 237 g/mol. The van der Waals surface area contributed by atoms with Gasteiger partial charge in [-0.1, -0.05) is 54.3 Å². The van der Waals surface area contributed by atoms with E-state index in [0.29, 0.717) is 0 Å². The van der Waals surface area contributed by atoms with Crippen LogP contribution in [0.4, 0.5) is 0 Å². The van der Waals surface area contributed by atoms with E-state index in [1.807, 2.05) is 11.8 Å². The maximum atomic E-state index is 5.15. The second-order valence-corrected chi connectivity index (χ2v) is 6.44. The summed E-state index contributed by atoms with van der Waals surface area (Å²) >= 11 is 6.96. The molecular weight excluding hydrogens is 222 g/mol. The Kier molecular flexibility index (Phi) is 3.32. The standard InChI is InChI=1S/C12H15NS2/c1-12(9-13-11(14)15-12)8-7-10-5-3-2-4-6-10/h2-6H,7-9H2,1H3,(H,13,14). The summed E-state index contributed by atoms with van der Waals surface area (Å²) in [6.07, 6.45) is 2.31. The number of benzene rings is 1. The van der Waals surface area contributed by atoms with Crippen LogP contribution in [0.2, 0.25) is 0 Å². The first-order valence-corrected chi connectivity index (χ1v) is 6.41. The molecule has 0 aliphatic carbocycles. The molecule has 0 amide bonds. The molecule has 1 nitrogen and oxygen atoms in total. The number of rotatable bonds is 3. The van der Waals surface area contributed by atoms with Crippen molar-refractivity contribution < 1.29 is 0 Å². The molecule has 1 aliphatic heterocycles. The third kappa shape index (κ3) is 2.95. The summed E-state index contributed by atoms with van der Waals surface area (Å²) in [6.45, 7) is 3.29. The van der Waals surface area contributed by atoms with Crippen LogP contribution in [0.25, 0.3) is 0 Å². The molecule has 1 heterocycles. The van der Waals surface area contributed by atoms with Gasteiger partial charge in [-0.2, -0.15) is 0 Å². The molecule has 1 unspecified atom stereocenters. The van der Waals surface area contributed by atoms with E-state index in [1.54, 1.807) is 0 Å². The zero-order valence-corrected chi connectivity index (χ0v) is 10.5. The number of hydrogen-bond acceptors (Lipinski definition) is 2. The minimum Gasteiger partial charge on any atom is -0.370 e.